The average molecular weight is 345 g/mol. The molecule has 24 heavy (non-hydrogen) atoms. The van der Waals surface area contributed by atoms with E-state index in [0.717, 1.165) is 6.42 Å². The lowest BCUT2D eigenvalue weighted by molar-refractivity contribution is 0.0935. The quantitative estimate of drug-likeness (QED) is 0.763. The third kappa shape index (κ3) is 2.96. The van der Waals surface area contributed by atoms with Gasteiger partial charge < -0.3 is 14.5 Å². The van der Waals surface area contributed by atoms with Gasteiger partial charge in [0, 0.05) is 32.0 Å². The Hall–Kier alpha value is -2.48. The topological polar surface area (TPSA) is 81.8 Å². The van der Waals surface area contributed by atoms with Gasteiger partial charge in [-0.2, -0.15) is 0 Å². The number of nitrogens with one attached hydrogen (secondary N) is 1. The zero-order valence-electron chi connectivity index (χ0n) is 13.8. The summed E-state index contributed by atoms with van der Waals surface area (Å²) >= 11 is 1.26. The molecule has 3 rings (SSSR count). The lowest BCUT2D eigenvalue weighted by atomic mass is 10.2. The molecule has 0 radical (unpaired) electrons. The molecule has 0 aliphatic rings. The maximum Gasteiger partial charge on any atom is 0.262 e. The van der Waals surface area contributed by atoms with Crippen molar-refractivity contribution in [3.05, 3.63) is 45.8 Å². The van der Waals surface area contributed by atoms with Crippen molar-refractivity contribution in [3.63, 3.8) is 0 Å². The van der Waals surface area contributed by atoms with Gasteiger partial charge in [0.05, 0.1) is 22.9 Å². The number of carbonyl (C=O) groups excluding carboxylic acids is 1. The highest BCUT2D eigenvalue weighted by Gasteiger charge is 2.21. The molecule has 8 heteroatoms. The number of imidazole rings is 1. The minimum Gasteiger partial charge on any atom is -0.347 e. The molecule has 7 nitrogen and oxygen atoms in total. The Morgan fingerprint density at radius 3 is 2.88 bits per heavy atom. The number of hydrogen-bond acceptors (Lipinski definition) is 5. The van der Waals surface area contributed by atoms with E-state index >= 15 is 0 Å². The Balaban J connectivity index is 1.87. The highest BCUT2D eigenvalue weighted by molar-refractivity contribution is 7.20. The molecule has 1 unspecified atom stereocenters. The number of nitrogens with zero attached hydrogens (tertiary/aromatic N) is 4. The smallest absolute Gasteiger partial charge is 0.262 e. The standard InChI is InChI=1S/C16H19N5O2S/c1-4-11(7-21-6-5-17-8-21)19-14(22)13-10(2)12-15(24-13)18-9-20(3)16(12)23/h5-6,8-9,11H,4,7H2,1-3H3,(H,19,22). The van der Waals surface area contributed by atoms with Crippen molar-refractivity contribution in [3.8, 4) is 0 Å². The normalized spacial score (nSPS) is 12.5. The van der Waals surface area contributed by atoms with Gasteiger partial charge in [-0.25, -0.2) is 9.97 Å². The van der Waals surface area contributed by atoms with Crippen molar-refractivity contribution in [2.45, 2.75) is 32.9 Å². The summed E-state index contributed by atoms with van der Waals surface area (Å²) in [6.45, 7) is 4.48. The van der Waals surface area contributed by atoms with Crippen molar-refractivity contribution < 1.29 is 4.79 Å². The lowest BCUT2D eigenvalue weighted by Gasteiger charge is -2.17. The van der Waals surface area contributed by atoms with Crippen LogP contribution in [0.25, 0.3) is 10.2 Å². The maximum atomic E-state index is 12.7. The van der Waals surface area contributed by atoms with E-state index in [9.17, 15) is 9.59 Å². The number of aryl methyl sites for hydroxylation is 2. The Morgan fingerprint density at radius 2 is 2.21 bits per heavy atom. The van der Waals surface area contributed by atoms with Crippen LogP contribution in [0.2, 0.25) is 0 Å². The molecular formula is C16H19N5O2S. The second kappa shape index (κ2) is 6.56. The number of fused-ring (bicyclic) bond motifs is 1. The van der Waals surface area contributed by atoms with Crippen LogP contribution >= 0.6 is 11.3 Å². The lowest BCUT2D eigenvalue weighted by Crippen LogP contribution is -2.37. The molecule has 0 aliphatic carbocycles. The van der Waals surface area contributed by atoms with Crippen molar-refractivity contribution in [2.24, 2.45) is 7.05 Å². The zero-order valence-corrected chi connectivity index (χ0v) is 14.6. The summed E-state index contributed by atoms with van der Waals surface area (Å²) in [4.78, 5) is 34.3. The first-order valence-electron chi connectivity index (χ1n) is 7.72. The van der Waals surface area contributed by atoms with E-state index in [0.29, 0.717) is 27.2 Å². The van der Waals surface area contributed by atoms with Crippen LogP contribution in [-0.4, -0.2) is 31.1 Å². The summed E-state index contributed by atoms with van der Waals surface area (Å²) < 4.78 is 3.36. The molecule has 0 aromatic carbocycles. The minimum absolute atomic E-state index is 0.00731. The SMILES string of the molecule is CCC(Cn1ccnc1)NC(=O)c1sc2ncn(C)c(=O)c2c1C. The van der Waals surface area contributed by atoms with Crippen LogP contribution in [0.4, 0.5) is 0 Å². The molecule has 0 saturated carbocycles. The van der Waals surface area contributed by atoms with E-state index in [1.54, 1.807) is 26.5 Å². The van der Waals surface area contributed by atoms with Crippen molar-refractivity contribution in [1.29, 1.82) is 0 Å². The molecule has 1 atom stereocenters. The molecule has 0 spiro atoms. The van der Waals surface area contributed by atoms with Gasteiger partial charge in [0.1, 0.15) is 4.83 Å². The second-order valence-electron chi connectivity index (χ2n) is 5.74. The van der Waals surface area contributed by atoms with E-state index in [4.69, 9.17) is 0 Å². The first-order chi connectivity index (χ1) is 11.5. The Kier molecular flexibility index (Phi) is 4.48. The molecule has 126 valence electrons. The Labute approximate surface area is 143 Å². The molecule has 1 amide bonds. The highest BCUT2D eigenvalue weighted by Crippen LogP contribution is 2.26. The van der Waals surface area contributed by atoms with Gasteiger partial charge >= 0.3 is 0 Å². The number of thiophene rings is 1. The summed E-state index contributed by atoms with van der Waals surface area (Å²) in [6.07, 6.45) is 7.59. The predicted molar refractivity (Wildman–Crippen MR) is 93.4 cm³/mol. The highest BCUT2D eigenvalue weighted by atomic mass is 32.1. The molecule has 3 heterocycles. The van der Waals surface area contributed by atoms with Crippen LogP contribution in [0.3, 0.4) is 0 Å². The van der Waals surface area contributed by atoms with Crippen LogP contribution < -0.4 is 10.9 Å². The summed E-state index contributed by atoms with van der Waals surface area (Å²) in [5.74, 6) is -0.162. The first-order valence-corrected chi connectivity index (χ1v) is 8.54. The predicted octanol–water partition coefficient (Wildman–Crippen LogP) is 1.71. The van der Waals surface area contributed by atoms with Crippen molar-refractivity contribution in [1.82, 2.24) is 24.4 Å². The molecule has 0 aliphatic heterocycles. The first kappa shape index (κ1) is 16.4. The average Bonchev–Trinajstić information content (AvgIpc) is 3.18. The molecule has 0 saturated heterocycles. The van der Waals surface area contributed by atoms with Gasteiger partial charge in [-0.3, -0.25) is 9.59 Å². The van der Waals surface area contributed by atoms with E-state index in [1.807, 2.05) is 17.7 Å². The number of rotatable bonds is 5. The monoisotopic (exact) mass is 345 g/mol. The van der Waals surface area contributed by atoms with E-state index in [1.165, 1.54) is 22.2 Å². The number of hydrogen-bond donors (Lipinski definition) is 1. The van der Waals surface area contributed by atoms with Crippen molar-refractivity contribution in [2.75, 3.05) is 0 Å². The second-order valence-corrected chi connectivity index (χ2v) is 6.73. The minimum atomic E-state index is -0.162. The molecular weight excluding hydrogens is 326 g/mol. The fourth-order valence-electron chi connectivity index (χ4n) is 2.60. The van der Waals surface area contributed by atoms with Gasteiger partial charge in [-0.1, -0.05) is 6.92 Å². The molecule has 0 fully saturated rings. The van der Waals surface area contributed by atoms with Gasteiger partial charge in [0.2, 0.25) is 0 Å². The van der Waals surface area contributed by atoms with Gasteiger partial charge in [0.15, 0.2) is 0 Å². The molecule has 0 bridgehead atoms. The largest absolute Gasteiger partial charge is 0.347 e. The maximum absolute atomic E-state index is 12.7. The van der Waals surface area contributed by atoms with Gasteiger partial charge in [0.25, 0.3) is 11.5 Å². The van der Waals surface area contributed by atoms with Gasteiger partial charge in [-0.15, -0.1) is 11.3 Å². The number of amides is 1. The van der Waals surface area contributed by atoms with E-state index < -0.39 is 0 Å². The van der Waals surface area contributed by atoms with Crippen LogP contribution in [0, 0.1) is 6.92 Å². The third-order valence-corrected chi connectivity index (χ3v) is 5.23. The van der Waals surface area contributed by atoms with Crippen LogP contribution in [0.15, 0.2) is 29.8 Å². The molecule has 1 N–H and O–H groups in total. The van der Waals surface area contributed by atoms with E-state index in [-0.39, 0.29) is 17.5 Å². The zero-order chi connectivity index (χ0) is 17.3. The number of carbonyl (C=O) groups is 1. The van der Waals surface area contributed by atoms with E-state index in [2.05, 4.69) is 15.3 Å². The summed E-state index contributed by atoms with van der Waals surface area (Å²) in [5.41, 5.74) is 0.567. The fraction of sp³-hybridized carbons (Fsp3) is 0.375. The Bertz CT molecular complexity index is 926. The summed E-state index contributed by atoms with van der Waals surface area (Å²) in [5, 5.41) is 3.57. The van der Waals surface area contributed by atoms with Crippen LogP contribution in [0.1, 0.15) is 28.6 Å². The molecule has 3 aromatic rings. The molecule has 3 aromatic heterocycles. The van der Waals surface area contributed by atoms with Gasteiger partial charge in [-0.05, 0) is 18.9 Å². The Morgan fingerprint density at radius 1 is 1.42 bits per heavy atom. The number of aromatic nitrogens is 4. The fourth-order valence-corrected chi connectivity index (χ4v) is 3.64. The van der Waals surface area contributed by atoms with Crippen LogP contribution in [0.5, 0.6) is 0 Å². The third-order valence-electron chi connectivity index (χ3n) is 4.04. The summed E-state index contributed by atoms with van der Waals surface area (Å²) in [6, 6.07) is -0.00731. The van der Waals surface area contributed by atoms with Crippen molar-refractivity contribution >= 4 is 27.5 Å². The van der Waals surface area contributed by atoms with Crippen LogP contribution in [-0.2, 0) is 13.6 Å². The summed E-state index contributed by atoms with van der Waals surface area (Å²) in [7, 11) is 1.66.